The molecule has 1 N–H and O–H groups in total. The van der Waals surface area contributed by atoms with Gasteiger partial charge in [-0.2, -0.15) is 0 Å². The Kier molecular flexibility index (Phi) is 8.14. The fourth-order valence-corrected chi connectivity index (χ4v) is 1.21. The standard InChI is InChI=1S/C11H26N2O/c1-10(2)13(4)7-6-12-8-11(3)9-14-5/h10-12H,6-9H2,1-5H3. The van der Waals surface area contributed by atoms with Gasteiger partial charge in [-0.1, -0.05) is 6.92 Å². The lowest BCUT2D eigenvalue weighted by Crippen LogP contribution is -2.35. The minimum Gasteiger partial charge on any atom is -0.384 e. The first-order valence-electron chi connectivity index (χ1n) is 5.47. The normalized spacial score (nSPS) is 13.9. The summed E-state index contributed by atoms with van der Waals surface area (Å²) < 4.78 is 5.07. The Labute approximate surface area is 88.8 Å². The van der Waals surface area contributed by atoms with Crippen molar-refractivity contribution in [2.45, 2.75) is 26.8 Å². The molecule has 3 nitrogen and oxygen atoms in total. The number of nitrogens with zero attached hydrogens (tertiary/aromatic N) is 1. The van der Waals surface area contributed by atoms with Crippen molar-refractivity contribution in [1.82, 2.24) is 10.2 Å². The van der Waals surface area contributed by atoms with Crippen molar-refractivity contribution < 1.29 is 4.74 Å². The zero-order chi connectivity index (χ0) is 11.0. The van der Waals surface area contributed by atoms with Crippen LogP contribution in [-0.4, -0.2) is 51.3 Å². The molecular formula is C11H26N2O. The van der Waals surface area contributed by atoms with Crippen LogP contribution in [0.15, 0.2) is 0 Å². The summed E-state index contributed by atoms with van der Waals surface area (Å²) in [6.45, 7) is 10.7. The Bertz CT molecular complexity index is 128. The van der Waals surface area contributed by atoms with Crippen LogP contribution in [0.5, 0.6) is 0 Å². The summed E-state index contributed by atoms with van der Waals surface area (Å²) in [7, 11) is 3.91. The van der Waals surface area contributed by atoms with Crippen molar-refractivity contribution in [3.05, 3.63) is 0 Å². The smallest absolute Gasteiger partial charge is 0.0499 e. The summed E-state index contributed by atoms with van der Waals surface area (Å²) in [6, 6.07) is 0.633. The zero-order valence-electron chi connectivity index (χ0n) is 10.3. The first kappa shape index (κ1) is 13.9. The summed E-state index contributed by atoms with van der Waals surface area (Å²) in [6.07, 6.45) is 0. The van der Waals surface area contributed by atoms with Gasteiger partial charge in [0, 0.05) is 32.8 Å². The number of rotatable bonds is 8. The van der Waals surface area contributed by atoms with E-state index in [0.717, 1.165) is 26.2 Å². The molecule has 0 fully saturated rings. The molecule has 1 atom stereocenters. The highest BCUT2D eigenvalue weighted by atomic mass is 16.5. The van der Waals surface area contributed by atoms with Crippen LogP contribution in [-0.2, 0) is 4.74 Å². The summed E-state index contributed by atoms with van der Waals surface area (Å²) >= 11 is 0. The molecule has 0 heterocycles. The number of methoxy groups -OCH3 is 1. The van der Waals surface area contributed by atoms with Crippen molar-refractivity contribution in [2.75, 3.05) is 40.4 Å². The molecule has 0 spiro atoms. The van der Waals surface area contributed by atoms with Gasteiger partial charge >= 0.3 is 0 Å². The van der Waals surface area contributed by atoms with E-state index in [9.17, 15) is 0 Å². The van der Waals surface area contributed by atoms with Gasteiger partial charge in [0.2, 0.25) is 0 Å². The number of ether oxygens (including phenoxy) is 1. The minimum absolute atomic E-state index is 0.601. The maximum Gasteiger partial charge on any atom is 0.0499 e. The summed E-state index contributed by atoms with van der Waals surface area (Å²) in [5.41, 5.74) is 0. The van der Waals surface area contributed by atoms with E-state index in [-0.39, 0.29) is 0 Å². The molecule has 0 saturated carbocycles. The third-order valence-corrected chi connectivity index (χ3v) is 2.47. The average Bonchev–Trinajstić information content (AvgIpc) is 2.12. The van der Waals surface area contributed by atoms with Crippen LogP contribution < -0.4 is 5.32 Å². The second-order valence-electron chi connectivity index (χ2n) is 4.34. The van der Waals surface area contributed by atoms with E-state index in [4.69, 9.17) is 4.74 Å². The minimum atomic E-state index is 0.601. The average molecular weight is 202 g/mol. The molecule has 0 aliphatic carbocycles. The molecular weight excluding hydrogens is 176 g/mol. The molecule has 0 rings (SSSR count). The third kappa shape index (κ3) is 7.30. The fourth-order valence-electron chi connectivity index (χ4n) is 1.21. The highest BCUT2D eigenvalue weighted by Gasteiger charge is 2.03. The van der Waals surface area contributed by atoms with Crippen LogP contribution in [0, 0.1) is 5.92 Å². The van der Waals surface area contributed by atoms with Gasteiger partial charge in [-0.3, -0.25) is 0 Å². The first-order valence-corrected chi connectivity index (χ1v) is 5.47. The van der Waals surface area contributed by atoms with Crippen molar-refractivity contribution in [3.63, 3.8) is 0 Å². The van der Waals surface area contributed by atoms with Crippen LogP contribution in [0.2, 0.25) is 0 Å². The van der Waals surface area contributed by atoms with E-state index in [1.165, 1.54) is 0 Å². The Morgan fingerprint density at radius 3 is 2.43 bits per heavy atom. The van der Waals surface area contributed by atoms with Crippen LogP contribution in [0.4, 0.5) is 0 Å². The van der Waals surface area contributed by atoms with Crippen LogP contribution in [0.25, 0.3) is 0 Å². The number of nitrogens with one attached hydrogen (secondary N) is 1. The zero-order valence-corrected chi connectivity index (χ0v) is 10.3. The summed E-state index contributed by atoms with van der Waals surface area (Å²) in [5, 5.41) is 3.43. The van der Waals surface area contributed by atoms with Gasteiger partial charge in [0.15, 0.2) is 0 Å². The molecule has 14 heavy (non-hydrogen) atoms. The fraction of sp³-hybridized carbons (Fsp3) is 1.00. The maximum absolute atomic E-state index is 5.07. The van der Waals surface area contributed by atoms with Crippen molar-refractivity contribution in [2.24, 2.45) is 5.92 Å². The monoisotopic (exact) mass is 202 g/mol. The quantitative estimate of drug-likeness (QED) is 0.599. The van der Waals surface area contributed by atoms with Gasteiger partial charge in [-0.25, -0.2) is 0 Å². The van der Waals surface area contributed by atoms with Crippen molar-refractivity contribution in [3.8, 4) is 0 Å². The Morgan fingerprint density at radius 2 is 1.93 bits per heavy atom. The number of hydrogen-bond acceptors (Lipinski definition) is 3. The van der Waals surface area contributed by atoms with Crippen LogP contribution in [0.3, 0.4) is 0 Å². The lowest BCUT2D eigenvalue weighted by atomic mass is 10.2. The number of hydrogen-bond donors (Lipinski definition) is 1. The largest absolute Gasteiger partial charge is 0.384 e. The highest BCUT2D eigenvalue weighted by molar-refractivity contribution is 4.61. The Morgan fingerprint density at radius 1 is 1.29 bits per heavy atom. The van der Waals surface area contributed by atoms with Gasteiger partial charge in [0.05, 0.1) is 0 Å². The van der Waals surface area contributed by atoms with Crippen LogP contribution >= 0.6 is 0 Å². The van der Waals surface area contributed by atoms with Crippen molar-refractivity contribution >= 4 is 0 Å². The lowest BCUT2D eigenvalue weighted by Gasteiger charge is -2.21. The van der Waals surface area contributed by atoms with Gasteiger partial charge in [0.1, 0.15) is 0 Å². The second kappa shape index (κ2) is 8.21. The first-order chi connectivity index (χ1) is 6.57. The third-order valence-electron chi connectivity index (χ3n) is 2.47. The molecule has 0 aromatic rings. The van der Waals surface area contributed by atoms with Gasteiger partial charge in [-0.15, -0.1) is 0 Å². The topological polar surface area (TPSA) is 24.5 Å². The van der Waals surface area contributed by atoms with E-state index >= 15 is 0 Å². The summed E-state index contributed by atoms with van der Waals surface area (Å²) in [5.74, 6) is 0.601. The summed E-state index contributed by atoms with van der Waals surface area (Å²) in [4.78, 5) is 2.34. The molecule has 0 saturated heterocycles. The van der Waals surface area contributed by atoms with E-state index < -0.39 is 0 Å². The molecule has 0 radical (unpaired) electrons. The highest BCUT2D eigenvalue weighted by Crippen LogP contribution is 1.93. The molecule has 1 unspecified atom stereocenters. The molecule has 0 bridgehead atoms. The second-order valence-corrected chi connectivity index (χ2v) is 4.34. The molecule has 0 aliphatic heterocycles. The van der Waals surface area contributed by atoms with Gasteiger partial charge in [-0.05, 0) is 33.4 Å². The van der Waals surface area contributed by atoms with E-state index in [1.807, 2.05) is 0 Å². The lowest BCUT2D eigenvalue weighted by molar-refractivity contribution is 0.157. The number of likely N-dealkylation sites (N-methyl/N-ethyl adjacent to an activating group) is 1. The van der Waals surface area contributed by atoms with Crippen LogP contribution in [0.1, 0.15) is 20.8 Å². The SMILES string of the molecule is COCC(C)CNCCN(C)C(C)C. The van der Waals surface area contributed by atoms with Gasteiger partial charge in [0.25, 0.3) is 0 Å². The molecule has 0 aromatic carbocycles. The molecule has 3 heteroatoms. The maximum atomic E-state index is 5.07. The van der Waals surface area contributed by atoms with Gasteiger partial charge < -0.3 is 15.0 Å². The van der Waals surface area contributed by atoms with E-state index in [2.05, 4.69) is 38.0 Å². The molecule has 86 valence electrons. The molecule has 0 aromatic heterocycles. The molecule has 0 aliphatic rings. The van der Waals surface area contributed by atoms with E-state index in [0.29, 0.717) is 12.0 Å². The molecule has 0 amide bonds. The van der Waals surface area contributed by atoms with E-state index in [1.54, 1.807) is 7.11 Å². The predicted molar refractivity (Wildman–Crippen MR) is 61.7 cm³/mol. The predicted octanol–water partition coefficient (Wildman–Crippen LogP) is 1.20. The Balaban J connectivity index is 3.28. The van der Waals surface area contributed by atoms with Crippen molar-refractivity contribution in [1.29, 1.82) is 0 Å². The Hall–Kier alpha value is -0.120.